The predicted molar refractivity (Wildman–Crippen MR) is 118 cm³/mol. The summed E-state index contributed by atoms with van der Waals surface area (Å²) in [6.07, 6.45) is 1.93. The molecule has 1 atom stereocenters. The maximum atomic E-state index is 10.4. The maximum Gasteiger partial charge on any atom is 0.127 e. The highest BCUT2D eigenvalue weighted by Gasteiger charge is 2.17. The largest absolute Gasteiger partial charge is 0.497 e. The minimum atomic E-state index is -0.501. The summed E-state index contributed by atoms with van der Waals surface area (Å²) in [5, 5.41) is 10.4. The van der Waals surface area contributed by atoms with Crippen molar-refractivity contribution >= 4 is 0 Å². The lowest BCUT2D eigenvalue weighted by Crippen LogP contribution is -2.33. The Labute approximate surface area is 180 Å². The van der Waals surface area contributed by atoms with Gasteiger partial charge in [-0.3, -0.25) is 4.90 Å². The van der Waals surface area contributed by atoms with Crippen LogP contribution in [0.2, 0.25) is 0 Å². The second-order valence-corrected chi connectivity index (χ2v) is 7.85. The van der Waals surface area contributed by atoms with Gasteiger partial charge in [0.05, 0.1) is 7.11 Å². The SMILES string of the molecule is COc1ccc(CN(C)CCOc2ccccc2)c(OC[C@@H](O)CN2CCCC2)c1. The topological polar surface area (TPSA) is 54.4 Å². The van der Waals surface area contributed by atoms with Gasteiger partial charge >= 0.3 is 0 Å². The normalized spacial score (nSPS) is 15.3. The van der Waals surface area contributed by atoms with E-state index in [-0.39, 0.29) is 6.61 Å². The molecular weight excluding hydrogens is 380 g/mol. The molecule has 2 aromatic rings. The van der Waals surface area contributed by atoms with E-state index in [2.05, 4.69) is 16.8 Å². The number of para-hydroxylation sites is 1. The van der Waals surface area contributed by atoms with Gasteiger partial charge in [-0.05, 0) is 51.2 Å². The first kappa shape index (κ1) is 22.4. The van der Waals surface area contributed by atoms with Crippen molar-refractivity contribution in [3.63, 3.8) is 0 Å². The number of hydrogen-bond acceptors (Lipinski definition) is 6. The van der Waals surface area contributed by atoms with E-state index >= 15 is 0 Å². The molecule has 0 bridgehead atoms. The number of aliphatic hydroxyl groups excluding tert-OH is 1. The lowest BCUT2D eigenvalue weighted by molar-refractivity contribution is 0.0750. The van der Waals surface area contributed by atoms with Crippen LogP contribution in [0, 0.1) is 0 Å². The fraction of sp³-hybridized carbons (Fsp3) is 0.500. The van der Waals surface area contributed by atoms with E-state index < -0.39 is 6.10 Å². The van der Waals surface area contributed by atoms with Crippen molar-refractivity contribution in [3.05, 3.63) is 54.1 Å². The van der Waals surface area contributed by atoms with Gasteiger partial charge in [-0.1, -0.05) is 24.3 Å². The Morgan fingerprint density at radius 2 is 1.80 bits per heavy atom. The molecule has 3 rings (SSSR count). The third-order valence-electron chi connectivity index (χ3n) is 5.30. The molecule has 0 aromatic heterocycles. The zero-order chi connectivity index (χ0) is 21.2. The van der Waals surface area contributed by atoms with Gasteiger partial charge in [-0.2, -0.15) is 0 Å². The summed E-state index contributed by atoms with van der Waals surface area (Å²) in [6, 6.07) is 15.7. The van der Waals surface area contributed by atoms with Gasteiger partial charge in [-0.15, -0.1) is 0 Å². The predicted octanol–water partition coefficient (Wildman–Crippen LogP) is 3.04. The van der Waals surface area contributed by atoms with Crippen LogP contribution in [0.15, 0.2) is 48.5 Å². The van der Waals surface area contributed by atoms with Crippen molar-refractivity contribution in [2.24, 2.45) is 0 Å². The summed E-state index contributed by atoms with van der Waals surface area (Å²) in [5.41, 5.74) is 1.06. The highest BCUT2D eigenvalue weighted by molar-refractivity contribution is 5.40. The summed E-state index contributed by atoms with van der Waals surface area (Å²) in [7, 11) is 3.71. The van der Waals surface area contributed by atoms with Crippen LogP contribution in [0.1, 0.15) is 18.4 Å². The zero-order valence-corrected chi connectivity index (χ0v) is 18.1. The zero-order valence-electron chi connectivity index (χ0n) is 18.1. The number of methoxy groups -OCH3 is 1. The Morgan fingerprint density at radius 3 is 2.53 bits per heavy atom. The molecule has 6 heteroatoms. The Kier molecular flexibility index (Phi) is 8.81. The molecule has 1 saturated heterocycles. The standard InChI is InChI=1S/C24H34N2O4/c1-25(14-15-29-22-8-4-3-5-9-22)17-20-10-11-23(28-2)16-24(20)30-19-21(27)18-26-12-6-7-13-26/h3-5,8-11,16,21,27H,6-7,12-15,17-19H2,1-2H3/t21-/m0/s1. The number of nitrogens with zero attached hydrogens (tertiary/aromatic N) is 2. The van der Waals surface area contributed by atoms with E-state index in [0.29, 0.717) is 13.2 Å². The summed E-state index contributed by atoms with van der Waals surface area (Å²) in [5.74, 6) is 2.38. The quantitative estimate of drug-likeness (QED) is 0.576. The van der Waals surface area contributed by atoms with Crippen LogP contribution in [0.3, 0.4) is 0 Å². The average Bonchev–Trinajstić information content (AvgIpc) is 3.26. The molecule has 0 saturated carbocycles. The van der Waals surface area contributed by atoms with Gasteiger partial charge in [0.25, 0.3) is 0 Å². The second-order valence-electron chi connectivity index (χ2n) is 7.85. The molecule has 1 heterocycles. The van der Waals surface area contributed by atoms with Gasteiger partial charge < -0.3 is 24.2 Å². The molecule has 0 amide bonds. The van der Waals surface area contributed by atoms with Gasteiger partial charge in [0, 0.05) is 31.3 Å². The fourth-order valence-electron chi connectivity index (χ4n) is 3.63. The van der Waals surface area contributed by atoms with E-state index in [1.54, 1.807) is 7.11 Å². The lowest BCUT2D eigenvalue weighted by atomic mass is 10.1. The number of hydrogen-bond donors (Lipinski definition) is 1. The molecule has 1 N–H and O–H groups in total. The highest BCUT2D eigenvalue weighted by Crippen LogP contribution is 2.26. The number of likely N-dealkylation sites (tertiary alicyclic amines) is 1. The van der Waals surface area contributed by atoms with Crippen molar-refractivity contribution in [2.75, 3.05) is 53.6 Å². The molecule has 30 heavy (non-hydrogen) atoms. The average molecular weight is 415 g/mol. The molecule has 0 spiro atoms. The minimum absolute atomic E-state index is 0.275. The van der Waals surface area contributed by atoms with Crippen molar-refractivity contribution in [1.29, 1.82) is 0 Å². The van der Waals surface area contributed by atoms with Crippen LogP contribution < -0.4 is 14.2 Å². The van der Waals surface area contributed by atoms with Crippen molar-refractivity contribution in [2.45, 2.75) is 25.5 Å². The van der Waals surface area contributed by atoms with Crippen LogP contribution in [0.5, 0.6) is 17.2 Å². The molecule has 1 aliphatic rings. The maximum absolute atomic E-state index is 10.4. The Bertz CT molecular complexity index is 750. The monoisotopic (exact) mass is 414 g/mol. The first-order valence-corrected chi connectivity index (χ1v) is 10.7. The third-order valence-corrected chi connectivity index (χ3v) is 5.30. The second kappa shape index (κ2) is 11.8. The van der Waals surface area contributed by atoms with Crippen molar-refractivity contribution < 1.29 is 19.3 Å². The molecule has 0 radical (unpaired) electrons. The lowest BCUT2D eigenvalue weighted by Gasteiger charge is -2.22. The van der Waals surface area contributed by atoms with E-state index in [9.17, 15) is 5.11 Å². The van der Waals surface area contributed by atoms with E-state index in [1.807, 2.05) is 48.5 Å². The molecule has 0 aliphatic carbocycles. The van der Waals surface area contributed by atoms with E-state index in [4.69, 9.17) is 14.2 Å². The molecule has 0 unspecified atom stereocenters. The van der Waals surface area contributed by atoms with Gasteiger partial charge in [0.1, 0.15) is 36.6 Å². The molecule has 164 valence electrons. The van der Waals surface area contributed by atoms with Crippen LogP contribution in [0.25, 0.3) is 0 Å². The number of likely N-dealkylation sites (N-methyl/N-ethyl adjacent to an activating group) is 1. The summed E-state index contributed by atoms with van der Waals surface area (Å²) in [6.45, 7) is 5.20. The van der Waals surface area contributed by atoms with Crippen molar-refractivity contribution in [1.82, 2.24) is 9.80 Å². The van der Waals surface area contributed by atoms with Crippen LogP contribution in [-0.4, -0.2) is 74.6 Å². The van der Waals surface area contributed by atoms with Gasteiger partial charge in [0.15, 0.2) is 0 Å². The number of β-amino-alcohol motifs (C(OH)–C–C–N with tert-alkyl or cyclic N) is 1. The molecule has 1 fully saturated rings. The van der Waals surface area contributed by atoms with Gasteiger partial charge in [-0.25, -0.2) is 0 Å². The molecular formula is C24H34N2O4. The number of aliphatic hydroxyl groups is 1. The van der Waals surface area contributed by atoms with Crippen molar-refractivity contribution in [3.8, 4) is 17.2 Å². The van der Waals surface area contributed by atoms with Crippen LogP contribution >= 0.6 is 0 Å². The first-order chi connectivity index (χ1) is 14.6. The van der Waals surface area contributed by atoms with Crippen LogP contribution in [-0.2, 0) is 6.54 Å². The summed E-state index contributed by atoms with van der Waals surface area (Å²) >= 11 is 0. The highest BCUT2D eigenvalue weighted by atomic mass is 16.5. The molecule has 2 aromatic carbocycles. The molecule has 1 aliphatic heterocycles. The Balaban J connectivity index is 1.51. The van der Waals surface area contributed by atoms with E-state index in [1.165, 1.54) is 12.8 Å². The smallest absolute Gasteiger partial charge is 0.127 e. The van der Waals surface area contributed by atoms with Gasteiger partial charge in [0.2, 0.25) is 0 Å². The molecule has 6 nitrogen and oxygen atoms in total. The third kappa shape index (κ3) is 7.20. The number of benzene rings is 2. The summed E-state index contributed by atoms with van der Waals surface area (Å²) in [4.78, 5) is 4.49. The summed E-state index contributed by atoms with van der Waals surface area (Å²) < 4.78 is 17.2. The number of rotatable bonds is 12. The van der Waals surface area contributed by atoms with E-state index in [0.717, 1.165) is 49.0 Å². The Hall–Kier alpha value is -2.28. The van der Waals surface area contributed by atoms with Crippen LogP contribution in [0.4, 0.5) is 0 Å². The minimum Gasteiger partial charge on any atom is -0.497 e. The fourth-order valence-corrected chi connectivity index (χ4v) is 3.63. The first-order valence-electron chi connectivity index (χ1n) is 10.7. The number of ether oxygens (including phenoxy) is 3. The Morgan fingerprint density at radius 1 is 1.03 bits per heavy atom.